The van der Waals surface area contributed by atoms with Crippen LogP contribution in [-0.4, -0.2) is 50.5 Å². The van der Waals surface area contributed by atoms with Crippen LogP contribution >= 0.6 is 11.6 Å². The van der Waals surface area contributed by atoms with Gasteiger partial charge in [0.15, 0.2) is 0 Å². The van der Waals surface area contributed by atoms with Gasteiger partial charge >= 0.3 is 0 Å². The van der Waals surface area contributed by atoms with E-state index in [2.05, 4.69) is 33.3 Å². The van der Waals surface area contributed by atoms with Crippen LogP contribution in [-0.2, 0) is 17.3 Å². The molecule has 1 N–H and O–H groups in total. The van der Waals surface area contributed by atoms with Gasteiger partial charge in [-0.3, -0.25) is 9.48 Å². The highest BCUT2D eigenvalue weighted by molar-refractivity contribution is 6.31. The van der Waals surface area contributed by atoms with Crippen LogP contribution in [0.15, 0.2) is 48.8 Å². The van der Waals surface area contributed by atoms with Crippen molar-refractivity contribution in [1.29, 1.82) is 0 Å². The number of hydrogen-bond donors (Lipinski definition) is 1. The van der Waals surface area contributed by atoms with Crippen LogP contribution < -0.4 is 5.32 Å². The zero-order valence-electron chi connectivity index (χ0n) is 17.3. The molecule has 1 unspecified atom stereocenters. The number of fused-ring (bicyclic) bond motifs is 4. The molecule has 8 heteroatoms. The van der Waals surface area contributed by atoms with Gasteiger partial charge in [0.05, 0.1) is 29.3 Å². The van der Waals surface area contributed by atoms with Crippen LogP contribution in [0.1, 0.15) is 35.4 Å². The van der Waals surface area contributed by atoms with Crippen LogP contribution in [0.4, 0.5) is 5.69 Å². The Morgan fingerprint density at radius 3 is 2.81 bits per heavy atom. The average Bonchev–Trinajstić information content (AvgIpc) is 3.49. The third kappa shape index (κ3) is 2.91. The molecule has 0 radical (unpaired) electrons. The van der Waals surface area contributed by atoms with Gasteiger partial charge in [0.2, 0.25) is 0 Å². The van der Waals surface area contributed by atoms with Crippen LogP contribution in [0.2, 0.25) is 5.02 Å². The molecule has 5 heterocycles. The summed E-state index contributed by atoms with van der Waals surface area (Å²) in [6.07, 6.45) is 6.40. The Morgan fingerprint density at radius 2 is 2.03 bits per heavy atom. The predicted molar refractivity (Wildman–Crippen MR) is 118 cm³/mol. The van der Waals surface area contributed by atoms with E-state index in [4.69, 9.17) is 16.3 Å². The first-order valence-corrected chi connectivity index (χ1v) is 11.0. The van der Waals surface area contributed by atoms with E-state index in [0.717, 1.165) is 30.6 Å². The number of hydrogen-bond acceptors (Lipinski definition) is 4. The summed E-state index contributed by atoms with van der Waals surface area (Å²) in [7, 11) is 1.83. The fourth-order valence-electron chi connectivity index (χ4n) is 5.42. The summed E-state index contributed by atoms with van der Waals surface area (Å²) in [5.41, 5.74) is 3.31. The minimum Gasteiger partial charge on any atom is -0.372 e. The maximum absolute atomic E-state index is 12.8. The minimum atomic E-state index is -0.297. The van der Waals surface area contributed by atoms with Gasteiger partial charge in [-0.2, -0.15) is 5.10 Å². The average molecular weight is 438 g/mol. The maximum Gasteiger partial charge on any atom is 0.274 e. The lowest BCUT2D eigenvalue weighted by Crippen LogP contribution is -2.48. The van der Waals surface area contributed by atoms with Crippen molar-refractivity contribution in [3.8, 4) is 5.69 Å². The maximum atomic E-state index is 12.8. The van der Waals surface area contributed by atoms with Crippen molar-refractivity contribution in [2.45, 2.75) is 30.4 Å². The number of carbonyl (C=O) groups is 1. The van der Waals surface area contributed by atoms with Crippen LogP contribution in [0, 0.1) is 0 Å². The molecule has 1 aromatic carbocycles. The van der Waals surface area contributed by atoms with E-state index in [0.29, 0.717) is 30.4 Å². The van der Waals surface area contributed by atoms with Gasteiger partial charge in [-0.15, -0.1) is 0 Å². The minimum absolute atomic E-state index is 0.00334. The number of aromatic nitrogens is 3. The molecule has 3 aromatic rings. The number of halogens is 1. The molecular formula is C23H24ClN5O2. The number of amides is 1. The van der Waals surface area contributed by atoms with Crippen LogP contribution in [0.5, 0.6) is 0 Å². The second-order valence-electron chi connectivity index (χ2n) is 8.95. The normalized spacial score (nSPS) is 23.6. The van der Waals surface area contributed by atoms with Gasteiger partial charge in [-0.1, -0.05) is 11.6 Å². The Hall–Kier alpha value is -2.77. The van der Waals surface area contributed by atoms with E-state index in [-0.39, 0.29) is 17.0 Å². The summed E-state index contributed by atoms with van der Waals surface area (Å²) < 4.78 is 10.4. The first kappa shape index (κ1) is 19.0. The Kier molecular flexibility index (Phi) is 4.04. The Labute approximate surface area is 185 Å². The van der Waals surface area contributed by atoms with E-state index in [1.807, 2.05) is 30.1 Å². The van der Waals surface area contributed by atoms with Gasteiger partial charge in [0.1, 0.15) is 11.2 Å². The number of ether oxygens (including phenoxy) is 1. The molecule has 7 nitrogen and oxygen atoms in total. The second-order valence-corrected chi connectivity index (χ2v) is 9.38. The van der Waals surface area contributed by atoms with Crippen LogP contribution in [0.25, 0.3) is 5.69 Å². The van der Waals surface area contributed by atoms with Crippen molar-refractivity contribution in [1.82, 2.24) is 19.2 Å². The quantitative estimate of drug-likeness (QED) is 0.632. The Bertz CT molecular complexity index is 1180. The molecule has 6 rings (SSSR count). The highest BCUT2D eigenvalue weighted by Crippen LogP contribution is 2.50. The molecule has 0 saturated carbocycles. The van der Waals surface area contributed by atoms with Crippen molar-refractivity contribution >= 4 is 23.2 Å². The number of carbonyl (C=O) groups excluding carboxylic acids is 1. The number of benzene rings is 1. The molecule has 3 aliphatic heterocycles. The molecule has 1 amide bonds. The first-order chi connectivity index (χ1) is 15.0. The van der Waals surface area contributed by atoms with E-state index in [1.165, 1.54) is 5.69 Å². The van der Waals surface area contributed by atoms with Crippen molar-refractivity contribution in [2.24, 2.45) is 7.05 Å². The Morgan fingerprint density at radius 1 is 1.19 bits per heavy atom. The standard InChI is InChI=1S/C23H24ClN5O2/c1-27-10-6-17(26-27)21(30)28-11-7-22(8-12-28)14-23(15-31-22)20-3-2-9-29(20)19-5-4-16(24)13-18(19)25-23/h2-6,9-10,13,25H,7-8,11-12,14-15H2,1H3. The van der Waals surface area contributed by atoms with Crippen molar-refractivity contribution in [3.63, 3.8) is 0 Å². The van der Waals surface area contributed by atoms with Crippen molar-refractivity contribution < 1.29 is 9.53 Å². The topological polar surface area (TPSA) is 64.3 Å². The molecule has 31 heavy (non-hydrogen) atoms. The number of nitrogens with zero attached hydrogens (tertiary/aromatic N) is 4. The molecule has 0 aliphatic carbocycles. The fraction of sp³-hybridized carbons (Fsp3) is 0.391. The predicted octanol–water partition coefficient (Wildman–Crippen LogP) is 3.58. The lowest BCUT2D eigenvalue weighted by atomic mass is 9.79. The summed E-state index contributed by atoms with van der Waals surface area (Å²) >= 11 is 6.29. The third-order valence-corrected chi connectivity index (χ3v) is 7.21. The molecule has 3 aliphatic rings. The number of likely N-dealkylation sites (tertiary alicyclic amines) is 1. The smallest absolute Gasteiger partial charge is 0.274 e. The highest BCUT2D eigenvalue weighted by atomic mass is 35.5. The summed E-state index contributed by atoms with van der Waals surface area (Å²) in [5.74, 6) is -0.00334. The summed E-state index contributed by atoms with van der Waals surface area (Å²) in [4.78, 5) is 14.7. The third-order valence-electron chi connectivity index (χ3n) is 6.97. The summed E-state index contributed by atoms with van der Waals surface area (Å²) in [5, 5.41) is 8.74. The van der Waals surface area contributed by atoms with Gasteiger partial charge in [0, 0.05) is 44.0 Å². The molecule has 0 bridgehead atoms. The zero-order valence-corrected chi connectivity index (χ0v) is 18.1. The zero-order chi connectivity index (χ0) is 21.2. The molecule has 2 saturated heterocycles. The van der Waals surface area contributed by atoms with E-state index >= 15 is 0 Å². The number of nitrogens with one attached hydrogen (secondary N) is 1. The monoisotopic (exact) mass is 437 g/mol. The number of aryl methyl sites for hydroxylation is 1. The van der Waals surface area contributed by atoms with Crippen molar-refractivity contribution in [3.05, 3.63) is 65.2 Å². The number of rotatable bonds is 1. The van der Waals surface area contributed by atoms with E-state index in [9.17, 15) is 4.79 Å². The Balaban J connectivity index is 1.24. The number of piperidine rings is 1. The first-order valence-electron chi connectivity index (χ1n) is 10.7. The molecule has 2 spiro atoms. The summed E-state index contributed by atoms with van der Waals surface area (Å²) in [6, 6.07) is 12.0. The molecule has 2 aromatic heterocycles. The second kappa shape index (κ2) is 6.61. The molecule has 1 atom stereocenters. The van der Waals surface area contributed by atoms with E-state index < -0.39 is 0 Å². The van der Waals surface area contributed by atoms with Gasteiger partial charge in [-0.25, -0.2) is 0 Å². The lowest BCUT2D eigenvalue weighted by molar-refractivity contribution is -0.0393. The number of anilines is 1. The van der Waals surface area contributed by atoms with Crippen molar-refractivity contribution in [2.75, 3.05) is 25.0 Å². The fourth-order valence-corrected chi connectivity index (χ4v) is 5.60. The van der Waals surface area contributed by atoms with Crippen LogP contribution in [0.3, 0.4) is 0 Å². The van der Waals surface area contributed by atoms with Gasteiger partial charge in [0.25, 0.3) is 5.91 Å². The molecular weight excluding hydrogens is 414 g/mol. The van der Waals surface area contributed by atoms with Gasteiger partial charge < -0.3 is 19.5 Å². The SMILES string of the molecule is Cn1ccc(C(=O)N2CCC3(CC2)CC2(CO3)Nc3cc(Cl)ccc3-n3cccc32)n1. The van der Waals surface area contributed by atoms with E-state index in [1.54, 1.807) is 16.9 Å². The lowest BCUT2D eigenvalue weighted by Gasteiger charge is -2.41. The largest absolute Gasteiger partial charge is 0.372 e. The molecule has 2 fully saturated rings. The summed E-state index contributed by atoms with van der Waals surface area (Å²) in [6.45, 7) is 1.95. The highest BCUT2D eigenvalue weighted by Gasteiger charge is 2.54. The molecule has 160 valence electrons. The van der Waals surface area contributed by atoms with Gasteiger partial charge in [-0.05, 0) is 49.2 Å².